The van der Waals surface area contributed by atoms with Gasteiger partial charge in [-0.2, -0.15) is 4.98 Å². The van der Waals surface area contributed by atoms with Crippen LogP contribution in [0.4, 0.5) is 0 Å². The molecule has 1 aliphatic carbocycles. The summed E-state index contributed by atoms with van der Waals surface area (Å²) in [5.74, 6) is 1.86. The summed E-state index contributed by atoms with van der Waals surface area (Å²) in [6.07, 6.45) is 4.16. The maximum Gasteiger partial charge on any atom is 0.230 e. The second-order valence-electron chi connectivity index (χ2n) is 6.04. The molecule has 0 saturated heterocycles. The van der Waals surface area contributed by atoms with Gasteiger partial charge in [-0.1, -0.05) is 11.6 Å². The van der Waals surface area contributed by atoms with Crippen LogP contribution >= 0.6 is 0 Å². The number of phenolic OH excluding ortho intramolecular Hbond substituents is 1. The van der Waals surface area contributed by atoms with E-state index in [1.165, 1.54) is 0 Å². The van der Waals surface area contributed by atoms with Crippen LogP contribution in [-0.2, 0) is 0 Å². The van der Waals surface area contributed by atoms with Crippen molar-refractivity contribution in [1.82, 2.24) is 10.1 Å². The van der Waals surface area contributed by atoms with Gasteiger partial charge in [-0.05, 0) is 56.4 Å². The monoisotopic (exact) mass is 287 g/mol. The van der Waals surface area contributed by atoms with Gasteiger partial charge in [0.1, 0.15) is 5.75 Å². The third kappa shape index (κ3) is 2.78. The molecule has 3 rings (SSSR count). The fourth-order valence-electron chi connectivity index (χ4n) is 3.06. The standard InChI is InChI=1S/C16H21N3O2/c1-9-6-12(7-10(2)14(9)20)15-18-16(21-19-15)11-4-3-5-13(17)8-11/h6-7,11,13,20H,3-5,8,17H2,1-2H3. The van der Waals surface area contributed by atoms with Crippen LogP contribution in [0.5, 0.6) is 5.75 Å². The highest BCUT2D eigenvalue weighted by Crippen LogP contribution is 2.33. The van der Waals surface area contributed by atoms with Crippen molar-refractivity contribution < 1.29 is 9.63 Å². The van der Waals surface area contributed by atoms with Crippen LogP contribution in [0.2, 0.25) is 0 Å². The summed E-state index contributed by atoms with van der Waals surface area (Å²) in [6.45, 7) is 3.74. The summed E-state index contributed by atoms with van der Waals surface area (Å²) in [7, 11) is 0. The van der Waals surface area contributed by atoms with Gasteiger partial charge in [0.15, 0.2) is 0 Å². The van der Waals surface area contributed by atoms with Crippen LogP contribution in [0.1, 0.15) is 48.6 Å². The van der Waals surface area contributed by atoms with Gasteiger partial charge in [0, 0.05) is 17.5 Å². The smallest absolute Gasteiger partial charge is 0.230 e. The molecule has 1 aromatic carbocycles. The summed E-state index contributed by atoms with van der Waals surface area (Å²) >= 11 is 0. The fourth-order valence-corrected chi connectivity index (χ4v) is 3.06. The maximum absolute atomic E-state index is 9.84. The van der Waals surface area contributed by atoms with Crippen LogP contribution in [0, 0.1) is 13.8 Å². The Kier molecular flexibility index (Phi) is 3.68. The van der Waals surface area contributed by atoms with Crippen molar-refractivity contribution >= 4 is 0 Å². The molecular formula is C16H21N3O2. The molecule has 2 atom stereocenters. The molecule has 0 radical (unpaired) electrons. The van der Waals surface area contributed by atoms with E-state index in [4.69, 9.17) is 10.3 Å². The van der Waals surface area contributed by atoms with E-state index in [1.807, 2.05) is 26.0 Å². The van der Waals surface area contributed by atoms with Crippen molar-refractivity contribution in [2.75, 3.05) is 0 Å². The number of hydrogen-bond donors (Lipinski definition) is 2. The lowest BCUT2D eigenvalue weighted by Gasteiger charge is -2.23. The third-order valence-electron chi connectivity index (χ3n) is 4.26. The van der Waals surface area contributed by atoms with Gasteiger partial charge < -0.3 is 15.4 Å². The van der Waals surface area contributed by atoms with Crippen molar-refractivity contribution in [2.45, 2.75) is 51.5 Å². The predicted octanol–water partition coefficient (Wildman–Crippen LogP) is 3.04. The normalized spacial score (nSPS) is 22.4. The number of hydrogen-bond acceptors (Lipinski definition) is 5. The van der Waals surface area contributed by atoms with Crippen LogP contribution in [0.3, 0.4) is 0 Å². The number of nitrogens with two attached hydrogens (primary N) is 1. The number of aryl methyl sites for hydroxylation is 2. The average molecular weight is 287 g/mol. The summed E-state index contributed by atoms with van der Waals surface area (Å²) < 4.78 is 5.44. The number of aromatic hydroxyl groups is 1. The van der Waals surface area contributed by atoms with Crippen molar-refractivity contribution in [3.05, 3.63) is 29.2 Å². The highest BCUT2D eigenvalue weighted by Gasteiger charge is 2.25. The first-order valence-corrected chi connectivity index (χ1v) is 7.44. The SMILES string of the molecule is Cc1cc(-c2noc(C3CCCC(N)C3)n2)cc(C)c1O. The van der Waals surface area contributed by atoms with Gasteiger partial charge in [0.25, 0.3) is 0 Å². The van der Waals surface area contributed by atoms with Crippen LogP contribution < -0.4 is 5.73 Å². The number of nitrogens with zero attached hydrogens (tertiary/aromatic N) is 2. The Morgan fingerprint density at radius 2 is 1.95 bits per heavy atom. The average Bonchev–Trinajstić information content (AvgIpc) is 2.94. The molecule has 21 heavy (non-hydrogen) atoms. The minimum atomic E-state index is 0.234. The van der Waals surface area contributed by atoms with E-state index in [0.29, 0.717) is 17.5 Å². The Morgan fingerprint density at radius 3 is 2.62 bits per heavy atom. The van der Waals surface area contributed by atoms with Crippen LogP contribution in [0.25, 0.3) is 11.4 Å². The minimum Gasteiger partial charge on any atom is -0.507 e. The van der Waals surface area contributed by atoms with E-state index in [-0.39, 0.29) is 12.0 Å². The molecule has 1 aromatic heterocycles. The second-order valence-corrected chi connectivity index (χ2v) is 6.04. The van der Waals surface area contributed by atoms with Crippen LogP contribution in [-0.4, -0.2) is 21.3 Å². The highest BCUT2D eigenvalue weighted by atomic mass is 16.5. The van der Waals surface area contributed by atoms with E-state index in [1.54, 1.807) is 0 Å². The molecule has 2 unspecified atom stereocenters. The van der Waals surface area contributed by atoms with E-state index < -0.39 is 0 Å². The molecule has 5 heteroatoms. The molecule has 0 bridgehead atoms. The first kappa shape index (κ1) is 14.1. The van der Waals surface area contributed by atoms with Gasteiger partial charge in [-0.3, -0.25) is 0 Å². The molecule has 1 heterocycles. The number of benzene rings is 1. The van der Waals surface area contributed by atoms with E-state index in [0.717, 1.165) is 42.4 Å². The number of phenols is 1. The molecule has 112 valence electrons. The second kappa shape index (κ2) is 5.48. The van der Waals surface area contributed by atoms with Crippen molar-refractivity contribution in [3.63, 3.8) is 0 Å². The van der Waals surface area contributed by atoms with Gasteiger partial charge in [-0.15, -0.1) is 0 Å². The van der Waals surface area contributed by atoms with Crippen LogP contribution in [0.15, 0.2) is 16.7 Å². The lowest BCUT2D eigenvalue weighted by atomic mass is 9.86. The molecule has 2 aromatic rings. The summed E-state index contributed by atoms with van der Waals surface area (Å²) in [4.78, 5) is 4.54. The molecule has 0 amide bonds. The largest absolute Gasteiger partial charge is 0.507 e. The topological polar surface area (TPSA) is 85.2 Å². The highest BCUT2D eigenvalue weighted by molar-refractivity contribution is 5.60. The fraction of sp³-hybridized carbons (Fsp3) is 0.500. The molecule has 0 aliphatic heterocycles. The number of aromatic nitrogens is 2. The molecular weight excluding hydrogens is 266 g/mol. The lowest BCUT2D eigenvalue weighted by molar-refractivity contribution is 0.299. The van der Waals surface area contributed by atoms with E-state index in [9.17, 15) is 5.11 Å². The number of rotatable bonds is 2. The first-order valence-electron chi connectivity index (χ1n) is 7.44. The lowest BCUT2D eigenvalue weighted by Crippen LogP contribution is -2.26. The van der Waals surface area contributed by atoms with E-state index in [2.05, 4.69) is 10.1 Å². The predicted molar refractivity (Wildman–Crippen MR) is 80.1 cm³/mol. The maximum atomic E-state index is 9.84. The Morgan fingerprint density at radius 1 is 1.24 bits per heavy atom. The molecule has 1 aliphatic rings. The van der Waals surface area contributed by atoms with Crippen molar-refractivity contribution in [3.8, 4) is 17.1 Å². The summed E-state index contributed by atoms with van der Waals surface area (Å²) in [5.41, 5.74) is 8.52. The molecule has 3 N–H and O–H groups in total. The van der Waals surface area contributed by atoms with E-state index >= 15 is 0 Å². The Labute approximate surface area is 124 Å². The van der Waals surface area contributed by atoms with Gasteiger partial charge in [0.05, 0.1) is 0 Å². The summed E-state index contributed by atoms with van der Waals surface area (Å²) in [6, 6.07) is 3.99. The van der Waals surface area contributed by atoms with Gasteiger partial charge in [0.2, 0.25) is 11.7 Å². The van der Waals surface area contributed by atoms with Gasteiger partial charge >= 0.3 is 0 Å². The quantitative estimate of drug-likeness (QED) is 0.886. The Balaban J connectivity index is 1.88. The third-order valence-corrected chi connectivity index (χ3v) is 4.26. The van der Waals surface area contributed by atoms with Crippen molar-refractivity contribution in [2.24, 2.45) is 5.73 Å². The zero-order valence-electron chi connectivity index (χ0n) is 12.5. The Hall–Kier alpha value is -1.88. The molecule has 1 fully saturated rings. The minimum absolute atomic E-state index is 0.234. The summed E-state index contributed by atoms with van der Waals surface area (Å²) in [5, 5.41) is 13.9. The van der Waals surface area contributed by atoms with Gasteiger partial charge in [-0.25, -0.2) is 0 Å². The zero-order valence-corrected chi connectivity index (χ0v) is 12.5. The Bertz CT molecular complexity index is 628. The molecule has 0 spiro atoms. The zero-order chi connectivity index (χ0) is 15.0. The first-order chi connectivity index (χ1) is 10.0. The molecule has 5 nitrogen and oxygen atoms in total. The molecule has 1 saturated carbocycles. The van der Waals surface area contributed by atoms with Crippen molar-refractivity contribution in [1.29, 1.82) is 0 Å².